The Hall–Kier alpha value is -14.3. The minimum absolute atomic E-state index is 0.659. The smallest absolute Gasteiger partial charge is 0.235 e. The van der Waals surface area contributed by atoms with Gasteiger partial charge in [-0.1, -0.05) is 309 Å². The van der Waals surface area contributed by atoms with E-state index in [0.717, 1.165) is 72.0 Å². The molecule has 0 bridgehead atoms. The maximum atomic E-state index is 5.42. The first kappa shape index (κ1) is 63.8. The molecule has 6 aromatic heterocycles. The fourth-order valence-corrected chi connectivity index (χ4v) is 20.1. The molecule has 24 rings (SSSR count). The van der Waals surface area contributed by atoms with Gasteiger partial charge in [0.05, 0.1) is 44.5 Å². The summed E-state index contributed by atoms with van der Waals surface area (Å²) in [6.45, 7) is 0. The van der Waals surface area contributed by atoms with E-state index in [-0.39, 0.29) is 0 Å². The number of aromatic nitrogens is 6. The molecule has 0 saturated heterocycles. The number of thiophene rings is 2. The van der Waals surface area contributed by atoms with E-state index in [9.17, 15) is 0 Å². The Bertz CT molecular complexity index is 8010. The Labute approximate surface area is 650 Å². The standard InChI is InChI=1S/2C52H31N3S/c1-2-13-32(14-3-1)33-15-10-16-34(31-33)51-41-17-4-7-24-44(41)53-52(54-51)55-45-25-8-5-18-42(45)49-39-22-11-20-35(37(39)27-29-46(49)55)36-21-12-23-40-38(36)28-30-48-50(40)43-19-6-9-26-47(43)56-48;1-2-12-32(13-3-1)33-24-26-34(27-25-33)51-41-14-4-7-21-44(41)53-52(54-51)55-45-22-8-5-15-42(45)49-39-19-10-17-35(37(39)28-30-46(49)55)36-18-11-20-40-38(36)29-31-48-50(40)43-16-6-9-23-47(43)56-48/h2*1-31H. The molecule has 520 valence electrons. The Morgan fingerprint density at radius 3 is 0.982 bits per heavy atom. The lowest BCUT2D eigenvalue weighted by Gasteiger charge is -2.14. The summed E-state index contributed by atoms with van der Waals surface area (Å²) in [4.78, 5) is 21.3. The van der Waals surface area contributed by atoms with Crippen molar-refractivity contribution in [3.8, 4) is 78.9 Å². The van der Waals surface area contributed by atoms with Crippen LogP contribution < -0.4 is 0 Å². The van der Waals surface area contributed by atoms with Crippen molar-refractivity contribution in [3.63, 3.8) is 0 Å². The van der Waals surface area contributed by atoms with Gasteiger partial charge in [0.1, 0.15) is 0 Å². The van der Waals surface area contributed by atoms with E-state index in [0.29, 0.717) is 11.9 Å². The van der Waals surface area contributed by atoms with E-state index in [1.54, 1.807) is 0 Å². The molecule has 0 fully saturated rings. The lowest BCUT2D eigenvalue weighted by molar-refractivity contribution is 1.01. The summed E-state index contributed by atoms with van der Waals surface area (Å²) in [5, 5.41) is 22.2. The Balaban J connectivity index is 0.000000134. The molecular formula is C104H62N6S2. The van der Waals surface area contributed by atoms with Crippen molar-refractivity contribution in [1.29, 1.82) is 0 Å². The van der Waals surface area contributed by atoms with E-state index >= 15 is 0 Å². The predicted molar refractivity (Wildman–Crippen MR) is 476 cm³/mol. The number of fused-ring (bicyclic) bond motifs is 22. The van der Waals surface area contributed by atoms with Gasteiger partial charge in [0.15, 0.2) is 0 Å². The van der Waals surface area contributed by atoms with E-state index in [1.807, 2.05) is 22.7 Å². The Morgan fingerprint density at radius 2 is 0.509 bits per heavy atom. The average Bonchev–Trinajstić information content (AvgIpc) is 1.60. The topological polar surface area (TPSA) is 61.4 Å². The SMILES string of the molecule is c1ccc(-c2ccc(-c3nc(-n4c5ccccc5c5c6cccc(-c7cccc8c7ccc7sc9ccccc9c78)c6ccc54)nc4ccccc34)cc2)cc1.c1ccc(-c2cccc(-c3nc(-n4c5ccccc5c5c6cccc(-c7cccc8c7ccc7sc9ccccc9c78)c6ccc54)nc4ccccc34)c2)cc1. The number of hydrogen-bond donors (Lipinski definition) is 0. The van der Waals surface area contributed by atoms with Crippen LogP contribution in [-0.2, 0) is 0 Å². The second-order valence-corrected chi connectivity index (χ2v) is 31.1. The molecule has 0 aliphatic rings. The number of para-hydroxylation sites is 4. The van der Waals surface area contributed by atoms with Crippen LogP contribution in [0.5, 0.6) is 0 Å². The highest BCUT2D eigenvalue weighted by Gasteiger charge is 2.24. The van der Waals surface area contributed by atoms with Gasteiger partial charge in [-0.15, -0.1) is 22.7 Å². The van der Waals surface area contributed by atoms with Crippen molar-refractivity contribution in [2.45, 2.75) is 0 Å². The van der Waals surface area contributed by atoms with Crippen LogP contribution in [0, 0.1) is 0 Å². The lowest BCUT2D eigenvalue weighted by atomic mass is 9.91. The third-order valence-corrected chi connectivity index (χ3v) is 25.1. The van der Waals surface area contributed by atoms with Crippen molar-refractivity contribution in [1.82, 2.24) is 29.1 Å². The molecule has 18 aromatic carbocycles. The molecule has 112 heavy (non-hydrogen) atoms. The van der Waals surface area contributed by atoms with Gasteiger partial charge >= 0.3 is 0 Å². The van der Waals surface area contributed by atoms with Gasteiger partial charge in [0, 0.05) is 83.8 Å². The van der Waals surface area contributed by atoms with Crippen molar-refractivity contribution in [2.24, 2.45) is 0 Å². The van der Waals surface area contributed by atoms with Crippen LogP contribution in [0.1, 0.15) is 0 Å². The van der Waals surface area contributed by atoms with E-state index < -0.39 is 0 Å². The molecule has 0 spiro atoms. The van der Waals surface area contributed by atoms with Gasteiger partial charge in [-0.05, 0) is 154 Å². The first-order valence-corrected chi connectivity index (χ1v) is 39.6. The van der Waals surface area contributed by atoms with Gasteiger partial charge < -0.3 is 0 Å². The summed E-state index contributed by atoms with van der Waals surface area (Å²) < 4.78 is 9.81. The number of hydrogen-bond acceptors (Lipinski definition) is 6. The first-order valence-electron chi connectivity index (χ1n) is 38.0. The van der Waals surface area contributed by atoms with Crippen LogP contribution in [0.2, 0.25) is 0 Å². The van der Waals surface area contributed by atoms with Crippen molar-refractivity contribution in [3.05, 3.63) is 376 Å². The van der Waals surface area contributed by atoms with Gasteiger partial charge in [-0.3, -0.25) is 9.13 Å². The normalized spacial score (nSPS) is 11.9. The molecule has 6 heterocycles. The minimum atomic E-state index is 0.659. The zero-order valence-corrected chi connectivity index (χ0v) is 61.9. The van der Waals surface area contributed by atoms with Crippen LogP contribution >= 0.6 is 22.7 Å². The fraction of sp³-hybridized carbons (Fsp3) is 0. The highest BCUT2D eigenvalue weighted by molar-refractivity contribution is 7.26. The van der Waals surface area contributed by atoms with E-state index in [2.05, 4.69) is 385 Å². The maximum absolute atomic E-state index is 5.42. The molecule has 0 aliphatic carbocycles. The molecule has 0 aliphatic heterocycles. The molecule has 8 heteroatoms. The van der Waals surface area contributed by atoms with E-state index in [1.165, 1.54) is 144 Å². The zero-order chi connectivity index (χ0) is 73.5. The summed E-state index contributed by atoms with van der Waals surface area (Å²) in [7, 11) is 0. The highest BCUT2D eigenvalue weighted by atomic mass is 32.1. The summed E-state index contributed by atoms with van der Waals surface area (Å²) in [6.07, 6.45) is 0. The predicted octanol–water partition coefficient (Wildman–Crippen LogP) is 28.8. The van der Waals surface area contributed by atoms with Crippen LogP contribution in [0.15, 0.2) is 376 Å². The monoisotopic (exact) mass is 1460 g/mol. The minimum Gasteiger partial charge on any atom is -0.278 e. The van der Waals surface area contributed by atoms with Crippen molar-refractivity contribution < 1.29 is 0 Å². The molecule has 0 N–H and O–H groups in total. The molecule has 0 atom stereocenters. The lowest BCUT2D eigenvalue weighted by Crippen LogP contribution is -2.03. The van der Waals surface area contributed by atoms with Crippen LogP contribution in [0.25, 0.3) is 228 Å². The number of benzene rings is 18. The second kappa shape index (κ2) is 25.7. The molecule has 0 saturated carbocycles. The second-order valence-electron chi connectivity index (χ2n) is 29.0. The molecule has 24 aromatic rings. The van der Waals surface area contributed by atoms with Gasteiger partial charge in [0.2, 0.25) is 11.9 Å². The molecule has 0 radical (unpaired) electrons. The maximum Gasteiger partial charge on any atom is 0.235 e. The molecule has 0 unspecified atom stereocenters. The van der Waals surface area contributed by atoms with Crippen LogP contribution in [-0.4, -0.2) is 29.1 Å². The third-order valence-electron chi connectivity index (χ3n) is 22.9. The van der Waals surface area contributed by atoms with Crippen LogP contribution in [0.3, 0.4) is 0 Å². The van der Waals surface area contributed by atoms with Crippen LogP contribution in [0.4, 0.5) is 0 Å². The summed E-state index contributed by atoms with van der Waals surface area (Å²) in [6, 6.07) is 136. The highest BCUT2D eigenvalue weighted by Crippen LogP contribution is 2.48. The largest absolute Gasteiger partial charge is 0.278 e. The van der Waals surface area contributed by atoms with Crippen molar-refractivity contribution >= 4 is 172 Å². The van der Waals surface area contributed by atoms with E-state index in [4.69, 9.17) is 19.9 Å². The fourth-order valence-electron chi connectivity index (χ4n) is 17.9. The zero-order valence-electron chi connectivity index (χ0n) is 60.3. The van der Waals surface area contributed by atoms with Gasteiger partial charge in [-0.2, -0.15) is 0 Å². The number of nitrogens with zero attached hydrogens (tertiary/aromatic N) is 6. The third kappa shape index (κ3) is 10.1. The quantitative estimate of drug-likeness (QED) is 0.152. The summed E-state index contributed by atoms with van der Waals surface area (Å²) in [5.41, 5.74) is 19.8. The van der Waals surface area contributed by atoms with Crippen molar-refractivity contribution in [2.75, 3.05) is 0 Å². The average molecular weight is 1460 g/mol. The molecule has 6 nitrogen and oxygen atoms in total. The van der Waals surface area contributed by atoms with Gasteiger partial charge in [0.25, 0.3) is 0 Å². The number of rotatable bonds is 8. The molecule has 0 amide bonds. The summed E-state index contributed by atoms with van der Waals surface area (Å²) >= 11 is 3.74. The molecular weight excluding hydrogens is 1400 g/mol. The Kier molecular flexibility index (Phi) is 14.6. The Morgan fingerprint density at radius 1 is 0.179 bits per heavy atom. The first-order chi connectivity index (χ1) is 55.6. The van der Waals surface area contributed by atoms with Gasteiger partial charge in [-0.25, -0.2) is 19.9 Å². The summed E-state index contributed by atoms with van der Waals surface area (Å²) in [5.74, 6) is 1.32.